The molecule has 3 rings (SSSR count). The van der Waals surface area contributed by atoms with E-state index >= 15 is 0 Å². The van der Waals surface area contributed by atoms with Crippen LogP contribution in [0.1, 0.15) is 19.3 Å². The van der Waals surface area contributed by atoms with Gasteiger partial charge in [0.1, 0.15) is 0 Å². The first kappa shape index (κ1) is 23.6. The Morgan fingerprint density at radius 2 is 2.00 bits per heavy atom. The first-order chi connectivity index (χ1) is 15.0. The van der Waals surface area contributed by atoms with Crippen molar-refractivity contribution in [1.29, 1.82) is 0 Å². The number of nitrogens with two attached hydrogens (primary N) is 1. The average Bonchev–Trinajstić information content (AvgIpc) is 3.30. The molecule has 1 aliphatic heterocycles. The molecule has 1 saturated heterocycles. The van der Waals surface area contributed by atoms with Crippen LogP contribution in [0.3, 0.4) is 0 Å². The van der Waals surface area contributed by atoms with Crippen molar-refractivity contribution in [2.75, 3.05) is 47.7 Å². The molecule has 0 aliphatic carbocycles. The van der Waals surface area contributed by atoms with E-state index in [-0.39, 0.29) is 5.91 Å². The van der Waals surface area contributed by atoms with Gasteiger partial charge in [-0.3, -0.25) is 4.79 Å². The summed E-state index contributed by atoms with van der Waals surface area (Å²) in [4.78, 5) is 27.1. The van der Waals surface area contributed by atoms with Crippen LogP contribution >= 0.6 is 35.0 Å². The van der Waals surface area contributed by atoms with Gasteiger partial charge in [0.25, 0.3) is 0 Å². The van der Waals surface area contributed by atoms with Crippen LogP contribution in [-0.4, -0.2) is 63.6 Å². The van der Waals surface area contributed by atoms with Crippen LogP contribution in [0.5, 0.6) is 0 Å². The van der Waals surface area contributed by atoms with Gasteiger partial charge < -0.3 is 26.6 Å². The van der Waals surface area contributed by atoms with E-state index in [2.05, 4.69) is 30.9 Å². The fraction of sp³-hybridized carbons (Fsp3) is 0.474. The standard InChI is InChI=1S/C19H26Cl2N8OS/c1-23-17-26-18(28-19(27-17)25-15-10-12(20)5-6-13(15)21)24-7-3-2-4-14(22)16(30)29-8-9-31-11-29/h5-6,10,14H,2-4,7-9,11,22H2,1H3,(H3,23,24,25,26,27,28)/t14-/m0/s1. The molecule has 2 heterocycles. The zero-order chi connectivity index (χ0) is 22.2. The molecule has 1 aromatic heterocycles. The third-order valence-electron chi connectivity index (χ3n) is 4.64. The molecule has 1 fully saturated rings. The third kappa shape index (κ3) is 6.99. The lowest BCUT2D eigenvalue weighted by atomic mass is 10.1. The number of amides is 1. The van der Waals surface area contributed by atoms with Crippen molar-refractivity contribution in [1.82, 2.24) is 19.9 Å². The molecule has 0 radical (unpaired) electrons. The average molecular weight is 485 g/mol. The van der Waals surface area contributed by atoms with E-state index in [9.17, 15) is 4.79 Å². The van der Waals surface area contributed by atoms with E-state index in [1.807, 2.05) is 4.90 Å². The van der Waals surface area contributed by atoms with Crippen molar-refractivity contribution in [2.24, 2.45) is 5.73 Å². The molecule has 1 atom stereocenters. The number of carbonyl (C=O) groups is 1. The highest BCUT2D eigenvalue weighted by Crippen LogP contribution is 2.27. The van der Waals surface area contributed by atoms with Gasteiger partial charge in [0.05, 0.1) is 22.6 Å². The fourth-order valence-electron chi connectivity index (χ4n) is 2.97. The van der Waals surface area contributed by atoms with Gasteiger partial charge in [0, 0.05) is 30.9 Å². The number of carbonyl (C=O) groups excluding carboxylic acids is 1. The summed E-state index contributed by atoms with van der Waals surface area (Å²) in [5, 5.41) is 10.2. The van der Waals surface area contributed by atoms with Crippen LogP contribution in [0, 0.1) is 0 Å². The summed E-state index contributed by atoms with van der Waals surface area (Å²) in [7, 11) is 1.73. The Morgan fingerprint density at radius 3 is 2.74 bits per heavy atom. The van der Waals surface area contributed by atoms with Crippen molar-refractivity contribution in [3.63, 3.8) is 0 Å². The van der Waals surface area contributed by atoms with E-state index in [1.54, 1.807) is 37.0 Å². The van der Waals surface area contributed by atoms with Crippen LogP contribution in [0.2, 0.25) is 10.0 Å². The summed E-state index contributed by atoms with van der Waals surface area (Å²) >= 11 is 14.0. The number of halogens is 2. The summed E-state index contributed by atoms with van der Waals surface area (Å²) in [5.74, 6) is 2.96. The third-order valence-corrected chi connectivity index (χ3v) is 6.17. The zero-order valence-corrected chi connectivity index (χ0v) is 19.5. The Bertz CT molecular complexity index is 897. The number of hydrogen-bond donors (Lipinski definition) is 4. The summed E-state index contributed by atoms with van der Waals surface area (Å²) < 4.78 is 0. The molecule has 5 N–H and O–H groups in total. The van der Waals surface area contributed by atoms with Gasteiger partial charge >= 0.3 is 0 Å². The Labute approximate surface area is 195 Å². The molecule has 1 aliphatic rings. The molecule has 1 aromatic carbocycles. The van der Waals surface area contributed by atoms with Crippen molar-refractivity contribution >= 4 is 64.4 Å². The van der Waals surface area contributed by atoms with Crippen LogP contribution in [0.4, 0.5) is 23.5 Å². The first-order valence-corrected chi connectivity index (χ1v) is 11.9. The van der Waals surface area contributed by atoms with Gasteiger partial charge in [-0.15, -0.1) is 11.8 Å². The minimum atomic E-state index is -0.440. The highest BCUT2D eigenvalue weighted by Gasteiger charge is 2.23. The molecule has 1 amide bonds. The molecule has 9 nitrogen and oxygen atoms in total. The number of unbranched alkanes of at least 4 members (excludes halogenated alkanes) is 1. The number of nitrogens with zero attached hydrogens (tertiary/aromatic N) is 4. The second-order valence-electron chi connectivity index (χ2n) is 6.97. The van der Waals surface area contributed by atoms with E-state index in [0.29, 0.717) is 46.5 Å². The Kier molecular flexibility index (Phi) is 8.82. The van der Waals surface area contributed by atoms with Gasteiger partial charge in [-0.1, -0.05) is 23.2 Å². The van der Waals surface area contributed by atoms with Gasteiger partial charge in [0.2, 0.25) is 23.8 Å². The number of rotatable bonds is 10. The summed E-state index contributed by atoms with van der Waals surface area (Å²) in [6, 6.07) is 4.66. The molecule has 2 aromatic rings. The van der Waals surface area contributed by atoms with Crippen molar-refractivity contribution in [3.8, 4) is 0 Å². The SMILES string of the molecule is CNc1nc(NCCCC[C@H](N)C(=O)N2CCSC2)nc(Nc2cc(Cl)ccc2Cl)n1. The maximum Gasteiger partial charge on any atom is 0.240 e. The predicted molar refractivity (Wildman–Crippen MR) is 128 cm³/mol. The van der Waals surface area contributed by atoms with Gasteiger partial charge in [0.15, 0.2) is 0 Å². The highest BCUT2D eigenvalue weighted by atomic mass is 35.5. The molecule has 0 bridgehead atoms. The lowest BCUT2D eigenvalue weighted by molar-refractivity contribution is -0.131. The largest absolute Gasteiger partial charge is 0.357 e. The highest BCUT2D eigenvalue weighted by molar-refractivity contribution is 7.99. The molecule has 0 saturated carbocycles. The van der Waals surface area contributed by atoms with Gasteiger partial charge in [-0.2, -0.15) is 15.0 Å². The quantitative estimate of drug-likeness (QED) is 0.375. The molecule has 12 heteroatoms. The monoisotopic (exact) mass is 484 g/mol. The summed E-state index contributed by atoms with van der Waals surface area (Å²) in [6.45, 7) is 1.44. The summed E-state index contributed by atoms with van der Waals surface area (Å²) in [6.07, 6.45) is 2.31. The number of thioether (sulfide) groups is 1. The number of hydrogen-bond acceptors (Lipinski definition) is 9. The minimum Gasteiger partial charge on any atom is -0.357 e. The molecular formula is C19H26Cl2N8OS. The van der Waals surface area contributed by atoms with Crippen molar-refractivity contribution < 1.29 is 4.79 Å². The lowest BCUT2D eigenvalue weighted by Gasteiger charge is -2.19. The van der Waals surface area contributed by atoms with E-state index in [1.165, 1.54) is 0 Å². The first-order valence-electron chi connectivity index (χ1n) is 9.98. The number of nitrogens with one attached hydrogen (secondary N) is 3. The van der Waals surface area contributed by atoms with Crippen molar-refractivity contribution in [2.45, 2.75) is 25.3 Å². The van der Waals surface area contributed by atoms with Crippen LogP contribution < -0.4 is 21.7 Å². The van der Waals surface area contributed by atoms with Crippen LogP contribution in [-0.2, 0) is 4.79 Å². The summed E-state index contributed by atoms with van der Waals surface area (Å²) in [5.41, 5.74) is 6.65. The molecule has 0 unspecified atom stereocenters. The van der Waals surface area contributed by atoms with Crippen molar-refractivity contribution in [3.05, 3.63) is 28.2 Å². The second-order valence-corrected chi connectivity index (χ2v) is 8.89. The molecular weight excluding hydrogens is 459 g/mol. The topological polar surface area (TPSA) is 121 Å². The molecule has 0 spiro atoms. The van der Waals surface area contributed by atoms with Crippen LogP contribution in [0.25, 0.3) is 0 Å². The smallest absolute Gasteiger partial charge is 0.240 e. The zero-order valence-electron chi connectivity index (χ0n) is 17.2. The molecule has 168 valence electrons. The van der Waals surface area contributed by atoms with E-state index in [4.69, 9.17) is 28.9 Å². The number of benzene rings is 1. The Hall–Kier alpha value is -2.01. The minimum absolute atomic E-state index is 0.0458. The Morgan fingerprint density at radius 1 is 1.23 bits per heavy atom. The fourth-order valence-corrected chi connectivity index (χ4v) is 4.26. The predicted octanol–water partition coefficient (Wildman–Crippen LogP) is 3.41. The van der Waals surface area contributed by atoms with Crippen LogP contribution in [0.15, 0.2) is 18.2 Å². The van der Waals surface area contributed by atoms with Gasteiger partial charge in [-0.05, 0) is 37.5 Å². The van der Waals surface area contributed by atoms with Gasteiger partial charge in [-0.25, -0.2) is 0 Å². The number of aromatic nitrogens is 3. The van der Waals surface area contributed by atoms with E-state index < -0.39 is 6.04 Å². The second kappa shape index (κ2) is 11.6. The van der Waals surface area contributed by atoms with E-state index in [0.717, 1.165) is 31.0 Å². The maximum atomic E-state index is 12.2. The Balaban J connectivity index is 1.50. The number of anilines is 4. The molecule has 31 heavy (non-hydrogen) atoms. The maximum absolute atomic E-state index is 12.2. The normalized spacial score (nSPS) is 14.4. The lowest BCUT2D eigenvalue weighted by Crippen LogP contribution is -2.42.